The summed E-state index contributed by atoms with van der Waals surface area (Å²) in [7, 11) is 0. The molecule has 0 spiro atoms. The van der Waals surface area contributed by atoms with Gasteiger partial charge in [0, 0.05) is 26.2 Å². The molecule has 1 aliphatic rings. The van der Waals surface area contributed by atoms with Gasteiger partial charge in [0.25, 0.3) is 0 Å². The predicted molar refractivity (Wildman–Crippen MR) is 82.4 cm³/mol. The number of aromatic nitrogens is 2. The summed E-state index contributed by atoms with van der Waals surface area (Å²) in [5.74, 6) is 0.769. The Balaban J connectivity index is 1.69. The van der Waals surface area contributed by atoms with Crippen molar-refractivity contribution < 1.29 is 8.91 Å². The maximum absolute atomic E-state index is 13.7. The molecule has 3 rings (SSSR count). The van der Waals surface area contributed by atoms with Crippen LogP contribution in [-0.4, -0.2) is 41.2 Å². The normalized spacial score (nSPS) is 17.0. The van der Waals surface area contributed by atoms with E-state index in [4.69, 9.17) is 9.78 Å². The number of rotatable bonds is 3. The number of piperazine rings is 1. The molecule has 1 aliphatic heterocycles. The van der Waals surface area contributed by atoms with Crippen molar-refractivity contribution >= 4 is 5.69 Å². The standard InChI is InChI=1S/C16H18FN5O/c1-11(16-19-12(2)20-23-16)21-6-8-22(9-7-21)15-5-3-4-14(17)13(15)10-18/h3-5,11H,6-9H2,1-2H3/t11-/m0/s1. The molecular formula is C16H18FN5O. The van der Waals surface area contributed by atoms with Crippen LogP contribution in [0.1, 0.15) is 30.2 Å². The number of hydrogen-bond donors (Lipinski definition) is 0. The number of nitrogens with zero attached hydrogens (tertiary/aromatic N) is 5. The van der Waals surface area contributed by atoms with Crippen LogP contribution < -0.4 is 4.90 Å². The third kappa shape index (κ3) is 3.03. The fourth-order valence-corrected chi connectivity index (χ4v) is 2.88. The van der Waals surface area contributed by atoms with E-state index in [1.807, 2.05) is 17.9 Å². The second-order valence-electron chi connectivity index (χ2n) is 5.62. The van der Waals surface area contributed by atoms with Crippen molar-refractivity contribution in [2.45, 2.75) is 19.9 Å². The summed E-state index contributed by atoms with van der Waals surface area (Å²) in [6.07, 6.45) is 0. The monoisotopic (exact) mass is 315 g/mol. The average Bonchev–Trinajstić information content (AvgIpc) is 3.00. The molecular weight excluding hydrogens is 297 g/mol. The van der Waals surface area contributed by atoms with E-state index in [-0.39, 0.29) is 11.6 Å². The first-order valence-electron chi connectivity index (χ1n) is 7.58. The minimum Gasteiger partial charge on any atom is -0.368 e. The Labute approximate surface area is 134 Å². The zero-order valence-corrected chi connectivity index (χ0v) is 13.2. The van der Waals surface area contributed by atoms with E-state index >= 15 is 0 Å². The van der Waals surface area contributed by atoms with E-state index in [2.05, 4.69) is 15.0 Å². The molecule has 120 valence electrons. The van der Waals surface area contributed by atoms with Crippen molar-refractivity contribution in [3.63, 3.8) is 0 Å². The number of hydrogen-bond acceptors (Lipinski definition) is 6. The molecule has 7 heteroatoms. The van der Waals surface area contributed by atoms with Crippen molar-refractivity contribution in [1.29, 1.82) is 5.26 Å². The second-order valence-corrected chi connectivity index (χ2v) is 5.62. The van der Waals surface area contributed by atoms with Crippen LogP contribution in [0.3, 0.4) is 0 Å². The van der Waals surface area contributed by atoms with Crippen LogP contribution in [0.15, 0.2) is 22.7 Å². The highest BCUT2D eigenvalue weighted by atomic mass is 19.1. The summed E-state index contributed by atoms with van der Waals surface area (Å²) < 4.78 is 19.0. The van der Waals surface area contributed by atoms with Crippen molar-refractivity contribution in [2.75, 3.05) is 31.1 Å². The minimum atomic E-state index is -0.470. The third-order valence-corrected chi connectivity index (χ3v) is 4.21. The van der Waals surface area contributed by atoms with Crippen molar-refractivity contribution in [3.8, 4) is 6.07 Å². The van der Waals surface area contributed by atoms with Crippen LogP contribution in [0.4, 0.5) is 10.1 Å². The lowest BCUT2D eigenvalue weighted by Gasteiger charge is -2.38. The van der Waals surface area contributed by atoms with E-state index in [0.717, 1.165) is 26.2 Å². The molecule has 6 nitrogen and oxygen atoms in total. The molecule has 0 amide bonds. The maximum atomic E-state index is 13.7. The molecule has 0 N–H and O–H groups in total. The number of aryl methyl sites for hydroxylation is 1. The lowest BCUT2D eigenvalue weighted by molar-refractivity contribution is 0.164. The lowest BCUT2D eigenvalue weighted by atomic mass is 10.1. The van der Waals surface area contributed by atoms with Crippen LogP contribution in [0, 0.1) is 24.1 Å². The highest BCUT2D eigenvalue weighted by molar-refractivity contribution is 5.60. The van der Waals surface area contributed by atoms with E-state index in [1.165, 1.54) is 6.07 Å². The highest BCUT2D eigenvalue weighted by Crippen LogP contribution is 2.26. The van der Waals surface area contributed by atoms with Gasteiger partial charge in [0.05, 0.1) is 11.7 Å². The van der Waals surface area contributed by atoms with E-state index < -0.39 is 5.82 Å². The zero-order chi connectivity index (χ0) is 16.4. The smallest absolute Gasteiger partial charge is 0.243 e. The van der Waals surface area contributed by atoms with Gasteiger partial charge in [-0.3, -0.25) is 4.90 Å². The molecule has 1 atom stereocenters. The number of halogens is 1. The Morgan fingerprint density at radius 1 is 1.30 bits per heavy atom. The molecule has 1 aromatic heterocycles. The van der Waals surface area contributed by atoms with E-state index in [9.17, 15) is 4.39 Å². The van der Waals surface area contributed by atoms with Crippen molar-refractivity contribution in [2.24, 2.45) is 0 Å². The first-order valence-corrected chi connectivity index (χ1v) is 7.58. The summed E-state index contributed by atoms with van der Waals surface area (Å²) in [4.78, 5) is 8.57. The first-order chi connectivity index (χ1) is 11.1. The molecule has 23 heavy (non-hydrogen) atoms. The van der Waals surface area contributed by atoms with Crippen LogP contribution in [0.5, 0.6) is 0 Å². The minimum absolute atomic E-state index is 0.0429. The van der Waals surface area contributed by atoms with E-state index in [1.54, 1.807) is 19.1 Å². The third-order valence-electron chi connectivity index (χ3n) is 4.21. The van der Waals surface area contributed by atoms with Gasteiger partial charge in [0.2, 0.25) is 5.89 Å². The Morgan fingerprint density at radius 2 is 2.04 bits per heavy atom. The van der Waals surface area contributed by atoms with Crippen LogP contribution >= 0.6 is 0 Å². The fraction of sp³-hybridized carbons (Fsp3) is 0.438. The number of anilines is 1. The van der Waals surface area contributed by atoms with Gasteiger partial charge in [-0.05, 0) is 26.0 Å². The first kappa shape index (κ1) is 15.4. The summed E-state index contributed by atoms with van der Waals surface area (Å²) in [5, 5.41) is 13.0. The summed E-state index contributed by atoms with van der Waals surface area (Å²) >= 11 is 0. The number of benzene rings is 1. The Morgan fingerprint density at radius 3 is 2.65 bits per heavy atom. The number of nitriles is 1. The highest BCUT2D eigenvalue weighted by Gasteiger charge is 2.26. The molecule has 2 aromatic rings. The van der Waals surface area contributed by atoms with Gasteiger partial charge in [0.1, 0.15) is 17.4 Å². The van der Waals surface area contributed by atoms with Crippen LogP contribution in [-0.2, 0) is 0 Å². The summed E-state index contributed by atoms with van der Waals surface area (Å²) in [6, 6.07) is 6.76. The molecule has 0 bridgehead atoms. The molecule has 2 heterocycles. The second kappa shape index (κ2) is 6.34. The molecule has 1 fully saturated rings. The molecule has 1 aromatic carbocycles. The molecule has 0 radical (unpaired) electrons. The van der Waals surface area contributed by atoms with Crippen molar-refractivity contribution in [1.82, 2.24) is 15.0 Å². The molecule has 0 unspecified atom stereocenters. The van der Waals surface area contributed by atoms with Crippen LogP contribution in [0.2, 0.25) is 0 Å². The molecule has 0 saturated carbocycles. The van der Waals surface area contributed by atoms with Gasteiger partial charge in [-0.1, -0.05) is 11.2 Å². The predicted octanol–water partition coefficient (Wildman–Crippen LogP) is 2.27. The maximum Gasteiger partial charge on any atom is 0.243 e. The van der Waals surface area contributed by atoms with Gasteiger partial charge in [0.15, 0.2) is 5.82 Å². The summed E-state index contributed by atoms with van der Waals surface area (Å²) in [5.41, 5.74) is 0.773. The van der Waals surface area contributed by atoms with Crippen molar-refractivity contribution in [3.05, 3.63) is 41.3 Å². The Kier molecular flexibility index (Phi) is 4.26. The van der Waals surface area contributed by atoms with Gasteiger partial charge >= 0.3 is 0 Å². The van der Waals surface area contributed by atoms with Crippen LogP contribution in [0.25, 0.3) is 0 Å². The largest absolute Gasteiger partial charge is 0.368 e. The fourth-order valence-electron chi connectivity index (χ4n) is 2.88. The SMILES string of the molecule is Cc1noc([C@H](C)N2CCN(c3cccc(F)c3C#N)CC2)n1. The summed E-state index contributed by atoms with van der Waals surface area (Å²) in [6.45, 7) is 6.83. The van der Waals surface area contributed by atoms with Gasteiger partial charge in [-0.15, -0.1) is 0 Å². The average molecular weight is 315 g/mol. The molecule has 0 aliphatic carbocycles. The van der Waals surface area contributed by atoms with E-state index in [0.29, 0.717) is 17.4 Å². The van der Waals surface area contributed by atoms with Gasteiger partial charge < -0.3 is 9.42 Å². The quantitative estimate of drug-likeness (QED) is 0.865. The Bertz CT molecular complexity index is 730. The zero-order valence-electron chi connectivity index (χ0n) is 13.2. The van der Waals surface area contributed by atoms with Gasteiger partial charge in [-0.25, -0.2) is 4.39 Å². The van der Waals surface area contributed by atoms with Gasteiger partial charge in [-0.2, -0.15) is 10.2 Å². The molecule has 1 saturated heterocycles. The Hall–Kier alpha value is -2.46. The lowest BCUT2D eigenvalue weighted by Crippen LogP contribution is -2.47. The topological polar surface area (TPSA) is 69.2 Å².